The Hall–Kier alpha value is -0.450. The monoisotopic (exact) mass is 286 g/mol. The first-order valence-electron chi connectivity index (χ1n) is 5.57. The van der Waals surface area contributed by atoms with Crippen LogP contribution < -0.4 is 5.32 Å². The average molecular weight is 287 g/mol. The number of pyridine rings is 1. The van der Waals surface area contributed by atoms with Crippen molar-refractivity contribution < 1.29 is 4.74 Å². The van der Waals surface area contributed by atoms with Crippen molar-refractivity contribution in [2.24, 2.45) is 5.92 Å². The molecule has 0 unspecified atom stereocenters. The Morgan fingerprint density at radius 2 is 2.25 bits per heavy atom. The molecule has 0 bridgehead atoms. The van der Waals surface area contributed by atoms with E-state index in [0.29, 0.717) is 5.92 Å². The minimum absolute atomic E-state index is 0.605. The minimum Gasteiger partial charge on any atom is -0.380 e. The number of ether oxygens (including phenoxy) is 1. The first-order chi connectivity index (χ1) is 7.68. The van der Waals surface area contributed by atoms with E-state index < -0.39 is 0 Å². The van der Waals surface area contributed by atoms with Gasteiger partial charge < -0.3 is 10.1 Å². The van der Waals surface area contributed by atoms with E-state index in [1.54, 1.807) is 0 Å². The van der Waals surface area contributed by atoms with Gasteiger partial charge in [0.25, 0.3) is 0 Å². The topological polar surface area (TPSA) is 34.1 Å². The van der Waals surface area contributed by atoms with Gasteiger partial charge in [-0.1, -0.05) is 13.8 Å². The van der Waals surface area contributed by atoms with Crippen LogP contribution in [0.3, 0.4) is 0 Å². The molecule has 0 amide bonds. The molecule has 0 spiro atoms. The smallest absolute Gasteiger partial charge is 0.0591 e. The van der Waals surface area contributed by atoms with Crippen LogP contribution in [0.15, 0.2) is 22.8 Å². The van der Waals surface area contributed by atoms with E-state index in [2.05, 4.69) is 40.1 Å². The molecule has 3 nitrogen and oxygen atoms in total. The largest absolute Gasteiger partial charge is 0.380 e. The van der Waals surface area contributed by atoms with E-state index in [4.69, 9.17) is 4.74 Å². The number of hydrogen-bond acceptors (Lipinski definition) is 3. The number of aromatic nitrogens is 1. The summed E-state index contributed by atoms with van der Waals surface area (Å²) in [7, 11) is 0. The number of rotatable bonds is 7. The third-order valence-corrected chi connectivity index (χ3v) is 2.44. The Balaban J connectivity index is 2.05. The van der Waals surface area contributed by atoms with Gasteiger partial charge in [-0.05, 0) is 34.0 Å². The molecule has 1 aromatic heterocycles. The minimum atomic E-state index is 0.605. The highest BCUT2D eigenvalue weighted by atomic mass is 79.9. The normalized spacial score (nSPS) is 11.0. The summed E-state index contributed by atoms with van der Waals surface area (Å²) in [4.78, 5) is 4.27. The highest BCUT2D eigenvalue weighted by Gasteiger charge is 1.95. The van der Waals surface area contributed by atoms with E-state index in [1.807, 2.05) is 18.3 Å². The van der Waals surface area contributed by atoms with Crippen LogP contribution in [0.2, 0.25) is 0 Å². The highest BCUT2D eigenvalue weighted by Crippen LogP contribution is 2.06. The van der Waals surface area contributed by atoms with Gasteiger partial charge in [-0.25, -0.2) is 0 Å². The Labute approximate surface area is 106 Å². The van der Waals surface area contributed by atoms with Crippen LogP contribution in [0.25, 0.3) is 0 Å². The molecule has 0 fully saturated rings. The molecule has 1 N–H and O–H groups in total. The summed E-state index contributed by atoms with van der Waals surface area (Å²) in [5.74, 6) is 0.605. The first-order valence-corrected chi connectivity index (χ1v) is 6.36. The number of nitrogens with one attached hydrogen (secondary N) is 1. The zero-order chi connectivity index (χ0) is 11.8. The summed E-state index contributed by atoms with van der Waals surface area (Å²) in [5.41, 5.74) is 1.05. The Kier molecular flexibility index (Phi) is 6.61. The number of hydrogen-bond donors (Lipinski definition) is 1. The van der Waals surface area contributed by atoms with Crippen molar-refractivity contribution in [2.45, 2.75) is 20.4 Å². The van der Waals surface area contributed by atoms with Gasteiger partial charge in [0, 0.05) is 30.4 Å². The summed E-state index contributed by atoms with van der Waals surface area (Å²) < 4.78 is 6.47. The molecule has 4 heteroatoms. The van der Waals surface area contributed by atoms with Gasteiger partial charge in [0.2, 0.25) is 0 Å². The molecule has 0 aliphatic rings. The van der Waals surface area contributed by atoms with E-state index >= 15 is 0 Å². The van der Waals surface area contributed by atoms with Gasteiger partial charge in [0.15, 0.2) is 0 Å². The van der Waals surface area contributed by atoms with Crippen LogP contribution >= 0.6 is 15.9 Å². The van der Waals surface area contributed by atoms with Crippen LogP contribution in [0.5, 0.6) is 0 Å². The third kappa shape index (κ3) is 6.20. The van der Waals surface area contributed by atoms with Crippen molar-refractivity contribution >= 4 is 15.9 Å². The lowest BCUT2D eigenvalue weighted by Gasteiger charge is -2.07. The second kappa shape index (κ2) is 7.76. The molecule has 0 aliphatic heterocycles. The van der Waals surface area contributed by atoms with Gasteiger partial charge in [0.1, 0.15) is 0 Å². The maximum Gasteiger partial charge on any atom is 0.0591 e. The van der Waals surface area contributed by atoms with Crippen molar-refractivity contribution in [3.8, 4) is 0 Å². The van der Waals surface area contributed by atoms with Crippen molar-refractivity contribution in [1.82, 2.24) is 10.3 Å². The van der Waals surface area contributed by atoms with E-state index in [1.165, 1.54) is 0 Å². The van der Waals surface area contributed by atoms with Gasteiger partial charge >= 0.3 is 0 Å². The predicted molar refractivity (Wildman–Crippen MR) is 69.3 cm³/mol. The quantitative estimate of drug-likeness (QED) is 0.783. The second-order valence-corrected chi connectivity index (χ2v) is 5.03. The molecular weight excluding hydrogens is 268 g/mol. The van der Waals surface area contributed by atoms with Crippen molar-refractivity contribution in [1.29, 1.82) is 0 Å². The van der Waals surface area contributed by atoms with E-state index in [-0.39, 0.29) is 0 Å². The molecule has 0 aromatic carbocycles. The molecule has 90 valence electrons. The number of nitrogens with zero attached hydrogens (tertiary/aromatic N) is 1. The average Bonchev–Trinajstić information content (AvgIpc) is 2.25. The van der Waals surface area contributed by atoms with Crippen molar-refractivity contribution in [3.05, 3.63) is 28.5 Å². The fourth-order valence-electron chi connectivity index (χ4n) is 1.19. The molecule has 0 saturated carbocycles. The highest BCUT2D eigenvalue weighted by molar-refractivity contribution is 9.10. The fourth-order valence-corrected chi connectivity index (χ4v) is 1.43. The molecule has 0 aliphatic carbocycles. The summed E-state index contributed by atoms with van der Waals surface area (Å²) >= 11 is 3.36. The Bertz CT molecular complexity index is 288. The predicted octanol–water partition coefficient (Wildman–Crippen LogP) is 2.61. The fraction of sp³-hybridized carbons (Fsp3) is 0.583. The van der Waals surface area contributed by atoms with E-state index in [0.717, 1.165) is 36.5 Å². The van der Waals surface area contributed by atoms with Crippen LogP contribution in [0, 0.1) is 5.92 Å². The molecule has 16 heavy (non-hydrogen) atoms. The molecule has 0 radical (unpaired) electrons. The van der Waals surface area contributed by atoms with Gasteiger partial charge in [-0.2, -0.15) is 0 Å². The van der Waals surface area contributed by atoms with Crippen LogP contribution in [0.4, 0.5) is 0 Å². The Morgan fingerprint density at radius 1 is 1.44 bits per heavy atom. The standard InChI is InChI=1S/C12H19BrN2O/c1-10(2)9-16-6-5-14-8-12-4-3-11(13)7-15-12/h3-4,7,10,14H,5-6,8-9H2,1-2H3. The lowest BCUT2D eigenvalue weighted by molar-refractivity contribution is 0.111. The molecule has 0 saturated heterocycles. The van der Waals surface area contributed by atoms with Crippen LogP contribution in [-0.4, -0.2) is 24.7 Å². The summed E-state index contributed by atoms with van der Waals surface area (Å²) in [6, 6.07) is 4.01. The SMILES string of the molecule is CC(C)COCCNCc1ccc(Br)cn1. The second-order valence-electron chi connectivity index (χ2n) is 4.11. The summed E-state index contributed by atoms with van der Waals surface area (Å²) in [6.07, 6.45) is 1.81. The van der Waals surface area contributed by atoms with Gasteiger partial charge in [-0.3, -0.25) is 4.98 Å². The zero-order valence-electron chi connectivity index (χ0n) is 9.87. The molecular formula is C12H19BrN2O. The van der Waals surface area contributed by atoms with Crippen LogP contribution in [0.1, 0.15) is 19.5 Å². The first kappa shape index (κ1) is 13.6. The molecule has 0 atom stereocenters. The van der Waals surface area contributed by atoms with Crippen molar-refractivity contribution in [3.63, 3.8) is 0 Å². The van der Waals surface area contributed by atoms with Gasteiger partial charge in [0.05, 0.1) is 12.3 Å². The van der Waals surface area contributed by atoms with Crippen molar-refractivity contribution in [2.75, 3.05) is 19.8 Å². The Morgan fingerprint density at radius 3 is 2.88 bits per heavy atom. The maximum atomic E-state index is 5.46. The maximum absolute atomic E-state index is 5.46. The molecule has 1 aromatic rings. The lowest BCUT2D eigenvalue weighted by atomic mass is 10.2. The summed E-state index contributed by atoms with van der Waals surface area (Å²) in [6.45, 7) is 7.55. The van der Waals surface area contributed by atoms with E-state index in [9.17, 15) is 0 Å². The third-order valence-electron chi connectivity index (χ3n) is 1.97. The molecule has 1 rings (SSSR count). The van der Waals surface area contributed by atoms with Gasteiger partial charge in [-0.15, -0.1) is 0 Å². The lowest BCUT2D eigenvalue weighted by Crippen LogP contribution is -2.20. The summed E-state index contributed by atoms with van der Waals surface area (Å²) in [5, 5.41) is 3.29. The number of halogens is 1. The zero-order valence-corrected chi connectivity index (χ0v) is 11.5. The molecule has 1 heterocycles. The van der Waals surface area contributed by atoms with Crippen LogP contribution in [-0.2, 0) is 11.3 Å².